The van der Waals surface area contributed by atoms with E-state index in [-0.39, 0.29) is 5.91 Å². The highest BCUT2D eigenvalue weighted by Gasteiger charge is 2.17. The van der Waals surface area contributed by atoms with Crippen LogP contribution in [-0.4, -0.2) is 18.6 Å². The minimum absolute atomic E-state index is 0.0316. The average Bonchev–Trinajstić information content (AvgIpc) is 2.51. The number of ether oxygens (including phenoxy) is 1. The van der Waals surface area contributed by atoms with Gasteiger partial charge < -0.3 is 10.1 Å². The molecule has 1 N–H and O–H groups in total. The van der Waals surface area contributed by atoms with Crippen molar-refractivity contribution < 1.29 is 9.53 Å². The molecule has 0 bridgehead atoms. The van der Waals surface area contributed by atoms with Gasteiger partial charge in [-0.1, -0.05) is 45.2 Å². The topological polar surface area (TPSA) is 38.3 Å². The summed E-state index contributed by atoms with van der Waals surface area (Å²) in [5.41, 5.74) is 2.27. The average molecular weight is 305 g/mol. The summed E-state index contributed by atoms with van der Waals surface area (Å²) in [5, 5.41) is 3.03. The molecule has 0 saturated carbocycles. The molecule has 0 aromatic heterocycles. The van der Waals surface area contributed by atoms with Crippen LogP contribution >= 0.6 is 0 Å². The van der Waals surface area contributed by atoms with Crippen molar-refractivity contribution in [2.24, 2.45) is 5.92 Å². The van der Waals surface area contributed by atoms with Crippen molar-refractivity contribution in [1.82, 2.24) is 5.32 Å². The SMILES string of the molecule is CCCC[C@H](CC)CNC(=O)[C@H](C)Oc1cccc(C)c1C. The molecule has 124 valence electrons. The Bertz CT molecular complexity index is 471. The molecule has 2 atom stereocenters. The molecule has 0 spiro atoms. The Kier molecular flexibility index (Phi) is 8.00. The van der Waals surface area contributed by atoms with Crippen LogP contribution in [0.5, 0.6) is 5.75 Å². The maximum Gasteiger partial charge on any atom is 0.260 e. The van der Waals surface area contributed by atoms with Gasteiger partial charge in [-0.2, -0.15) is 0 Å². The first kappa shape index (κ1) is 18.5. The van der Waals surface area contributed by atoms with E-state index in [1.807, 2.05) is 39.0 Å². The molecule has 1 aromatic carbocycles. The largest absolute Gasteiger partial charge is 0.481 e. The zero-order chi connectivity index (χ0) is 16.5. The first-order chi connectivity index (χ1) is 10.5. The first-order valence-electron chi connectivity index (χ1n) is 8.50. The van der Waals surface area contributed by atoms with Gasteiger partial charge in [-0.25, -0.2) is 0 Å². The second-order valence-electron chi connectivity index (χ2n) is 6.12. The van der Waals surface area contributed by atoms with Gasteiger partial charge in [0, 0.05) is 6.54 Å². The molecule has 0 aliphatic heterocycles. The fraction of sp³-hybridized carbons (Fsp3) is 0.632. The summed E-state index contributed by atoms with van der Waals surface area (Å²) in [5.74, 6) is 1.33. The zero-order valence-corrected chi connectivity index (χ0v) is 14.7. The molecule has 3 heteroatoms. The standard InChI is InChI=1S/C19H31NO2/c1-6-8-11-17(7-2)13-20-19(21)16(5)22-18-12-9-10-14(3)15(18)4/h9-10,12,16-17H,6-8,11,13H2,1-5H3,(H,20,21)/t16-,17-/m0/s1. The second kappa shape index (κ2) is 9.50. The van der Waals surface area contributed by atoms with Crippen molar-refractivity contribution in [3.63, 3.8) is 0 Å². The quantitative estimate of drug-likeness (QED) is 0.734. The molecular formula is C19H31NO2. The van der Waals surface area contributed by atoms with E-state index in [1.165, 1.54) is 24.8 Å². The monoisotopic (exact) mass is 305 g/mol. The van der Waals surface area contributed by atoms with Crippen molar-refractivity contribution in [2.45, 2.75) is 66.4 Å². The van der Waals surface area contributed by atoms with Crippen molar-refractivity contribution in [1.29, 1.82) is 0 Å². The number of carbonyl (C=O) groups excluding carboxylic acids is 1. The summed E-state index contributed by atoms with van der Waals surface area (Å²) in [6.45, 7) is 11.0. The van der Waals surface area contributed by atoms with Gasteiger partial charge in [0.2, 0.25) is 0 Å². The highest BCUT2D eigenvalue weighted by Crippen LogP contribution is 2.21. The van der Waals surface area contributed by atoms with Gasteiger partial charge in [0.1, 0.15) is 5.75 Å². The van der Waals surface area contributed by atoms with Gasteiger partial charge in [-0.05, 0) is 50.3 Å². The second-order valence-corrected chi connectivity index (χ2v) is 6.12. The highest BCUT2D eigenvalue weighted by atomic mass is 16.5. The molecule has 0 heterocycles. The predicted octanol–water partition coefficient (Wildman–Crippen LogP) is 4.40. The Hall–Kier alpha value is -1.51. The van der Waals surface area contributed by atoms with Crippen LogP contribution in [0.15, 0.2) is 18.2 Å². The van der Waals surface area contributed by atoms with Gasteiger partial charge in [0.15, 0.2) is 6.10 Å². The normalized spacial score (nSPS) is 13.5. The van der Waals surface area contributed by atoms with Crippen LogP contribution in [0, 0.1) is 19.8 Å². The third kappa shape index (κ3) is 5.70. The number of nitrogens with one attached hydrogen (secondary N) is 1. The number of unbranched alkanes of at least 4 members (excludes halogenated alkanes) is 1. The smallest absolute Gasteiger partial charge is 0.260 e. The fourth-order valence-electron chi connectivity index (χ4n) is 2.43. The summed E-state index contributed by atoms with van der Waals surface area (Å²) in [4.78, 5) is 12.2. The number of rotatable bonds is 9. The van der Waals surface area contributed by atoms with Crippen LogP contribution < -0.4 is 10.1 Å². The summed E-state index contributed by atoms with van der Waals surface area (Å²) in [7, 11) is 0. The minimum Gasteiger partial charge on any atom is -0.481 e. The van der Waals surface area contributed by atoms with E-state index in [0.29, 0.717) is 5.92 Å². The number of hydrogen-bond donors (Lipinski definition) is 1. The van der Waals surface area contributed by atoms with Crippen LogP contribution in [0.1, 0.15) is 57.6 Å². The Labute approximate surface area is 135 Å². The van der Waals surface area contributed by atoms with Gasteiger partial charge in [0.25, 0.3) is 5.91 Å². The number of benzene rings is 1. The zero-order valence-electron chi connectivity index (χ0n) is 14.7. The van der Waals surface area contributed by atoms with E-state index in [1.54, 1.807) is 0 Å². The molecule has 0 aliphatic rings. The van der Waals surface area contributed by atoms with Crippen LogP contribution in [0.3, 0.4) is 0 Å². The molecule has 1 aromatic rings. The number of aryl methyl sites for hydroxylation is 1. The number of carbonyl (C=O) groups is 1. The Morgan fingerprint density at radius 3 is 2.64 bits per heavy atom. The van der Waals surface area contributed by atoms with Gasteiger partial charge in [-0.3, -0.25) is 4.79 Å². The van der Waals surface area contributed by atoms with Gasteiger partial charge in [-0.15, -0.1) is 0 Å². The Morgan fingerprint density at radius 2 is 2.00 bits per heavy atom. The fourth-order valence-corrected chi connectivity index (χ4v) is 2.43. The lowest BCUT2D eigenvalue weighted by molar-refractivity contribution is -0.127. The van der Waals surface area contributed by atoms with Crippen molar-refractivity contribution >= 4 is 5.91 Å². The lowest BCUT2D eigenvalue weighted by Gasteiger charge is -2.19. The Balaban J connectivity index is 2.49. The van der Waals surface area contributed by atoms with Crippen LogP contribution in [0.25, 0.3) is 0 Å². The van der Waals surface area contributed by atoms with E-state index < -0.39 is 6.10 Å². The summed E-state index contributed by atoms with van der Waals surface area (Å²) in [6, 6.07) is 5.93. The summed E-state index contributed by atoms with van der Waals surface area (Å²) >= 11 is 0. The number of amides is 1. The highest BCUT2D eigenvalue weighted by molar-refractivity contribution is 5.80. The molecule has 0 aliphatic carbocycles. The van der Waals surface area contributed by atoms with E-state index in [0.717, 1.165) is 24.3 Å². The maximum atomic E-state index is 12.2. The van der Waals surface area contributed by atoms with Crippen LogP contribution in [0.4, 0.5) is 0 Å². The molecule has 3 nitrogen and oxygen atoms in total. The van der Waals surface area contributed by atoms with Gasteiger partial charge >= 0.3 is 0 Å². The molecule has 0 fully saturated rings. The third-order valence-electron chi connectivity index (χ3n) is 4.34. The molecule has 0 saturated heterocycles. The minimum atomic E-state index is -0.468. The van der Waals surface area contributed by atoms with Crippen molar-refractivity contribution in [3.05, 3.63) is 29.3 Å². The number of hydrogen-bond acceptors (Lipinski definition) is 2. The van der Waals surface area contributed by atoms with Gasteiger partial charge in [0.05, 0.1) is 0 Å². The van der Waals surface area contributed by atoms with Crippen molar-refractivity contribution in [3.8, 4) is 5.75 Å². The maximum absolute atomic E-state index is 12.2. The molecule has 0 radical (unpaired) electrons. The first-order valence-corrected chi connectivity index (χ1v) is 8.50. The molecular weight excluding hydrogens is 274 g/mol. The summed E-state index contributed by atoms with van der Waals surface area (Å²) in [6.07, 6.45) is 4.25. The summed E-state index contributed by atoms with van der Waals surface area (Å²) < 4.78 is 5.82. The van der Waals surface area contributed by atoms with Crippen LogP contribution in [-0.2, 0) is 4.79 Å². The van der Waals surface area contributed by atoms with E-state index >= 15 is 0 Å². The molecule has 1 rings (SSSR count). The predicted molar refractivity (Wildman–Crippen MR) is 92.3 cm³/mol. The van der Waals surface area contributed by atoms with E-state index in [9.17, 15) is 4.79 Å². The molecule has 22 heavy (non-hydrogen) atoms. The van der Waals surface area contributed by atoms with E-state index in [4.69, 9.17) is 4.74 Å². The van der Waals surface area contributed by atoms with Crippen LogP contribution in [0.2, 0.25) is 0 Å². The van der Waals surface area contributed by atoms with Crippen molar-refractivity contribution in [2.75, 3.05) is 6.54 Å². The Morgan fingerprint density at radius 1 is 1.27 bits per heavy atom. The van der Waals surface area contributed by atoms with E-state index in [2.05, 4.69) is 19.2 Å². The molecule has 1 amide bonds. The lowest BCUT2D eigenvalue weighted by Crippen LogP contribution is -2.39. The lowest BCUT2D eigenvalue weighted by atomic mass is 9.99. The molecule has 0 unspecified atom stereocenters. The third-order valence-corrected chi connectivity index (χ3v) is 4.34.